The van der Waals surface area contributed by atoms with Crippen LogP contribution in [-0.4, -0.2) is 16.9 Å². The van der Waals surface area contributed by atoms with Crippen molar-refractivity contribution in [2.75, 3.05) is 0 Å². The third-order valence-corrected chi connectivity index (χ3v) is 4.87. The summed E-state index contributed by atoms with van der Waals surface area (Å²) >= 11 is 0. The van der Waals surface area contributed by atoms with Gasteiger partial charge >= 0.3 is 5.97 Å². The fraction of sp³-hybridized carbons (Fsp3) is 0.500. The number of fused-ring (bicyclic) bond motifs is 3. The van der Waals surface area contributed by atoms with Gasteiger partial charge in [-0.3, -0.25) is 9.59 Å². The second-order valence-electron chi connectivity index (χ2n) is 5.79. The third kappa shape index (κ3) is 2.07. The monoisotopic (exact) mass is 258 g/mol. The second kappa shape index (κ2) is 4.80. The van der Waals surface area contributed by atoms with Gasteiger partial charge in [-0.1, -0.05) is 30.3 Å². The Labute approximate surface area is 112 Å². The van der Waals surface area contributed by atoms with Crippen LogP contribution in [0.5, 0.6) is 0 Å². The summed E-state index contributed by atoms with van der Waals surface area (Å²) in [7, 11) is 0. The Morgan fingerprint density at radius 2 is 1.42 bits per heavy atom. The Bertz CT molecular complexity index is 486. The molecule has 0 saturated heterocycles. The SMILES string of the molecule is O=C(O)[C@@H]1C2CCC(CC2)[C@H]1C(=O)c1ccccc1. The number of Topliss-reactive ketones (excluding diaryl/α,β-unsaturated/α-hetero) is 1. The lowest BCUT2D eigenvalue weighted by Crippen LogP contribution is -2.47. The van der Waals surface area contributed by atoms with Gasteiger partial charge in [-0.2, -0.15) is 0 Å². The van der Waals surface area contributed by atoms with Gasteiger partial charge in [0.2, 0.25) is 0 Å². The first-order chi connectivity index (χ1) is 9.18. The molecule has 0 aromatic heterocycles. The van der Waals surface area contributed by atoms with E-state index in [0.29, 0.717) is 5.56 Å². The fourth-order valence-corrected chi connectivity index (χ4v) is 3.98. The van der Waals surface area contributed by atoms with Crippen LogP contribution in [0.1, 0.15) is 36.0 Å². The molecule has 0 amide bonds. The van der Waals surface area contributed by atoms with Crippen molar-refractivity contribution in [1.82, 2.24) is 0 Å². The number of carboxylic acid groups (broad SMARTS) is 1. The summed E-state index contributed by atoms with van der Waals surface area (Å²) in [6, 6.07) is 9.14. The lowest BCUT2D eigenvalue weighted by Gasteiger charge is -2.46. The summed E-state index contributed by atoms with van der Waals surface area (Å²) < 4.78 is 0. The van der Waals surface area contributed by atoms with E-state index in [9.17, 15) is 14.7 Å². The van der Waals surface area contributed by atoms with Gasteiger partial charge in [-0.15, -0.1) is 0 Å². The molecule has 0 unspecified atom stereocenters. The zero-order chi connectivity index (χ0) is 13.4. The molecule has 0 heterocycles. The van der Waals surface area contributed by atoms with Crippen molar-refractivity contribution in [3.63, 3.8) is 0 Å². The topological polar surface area (TPSA) is 54.4 Å². The summed E-state index contributed by atoms with van der Waals surface area (Å²) in [6.45, 7) is 0. The van der Waals surface area contributed by atoms with Crippen LogP contribution < -0.4 is 0 Å². The number of carboxylic acids is 1. The average molecular weight is 258 g/mol. The molecule has 1 aromatic rings. The Morgan fingerprint density at radius 3 is 1.95 bits per heavy atom. The van der Waals surface area contributed by atoms with E-state index in [0.717, 1.165) is 25.7 Å². The van der Waals surface area contributed by atoms with E-state index in [1.54, 1.807) is 12.1 Å². The number of carbonyl (C=O) groups is 2. The highest BCUT2D eigenvalue weighted by atomic mass is 16.4. The number of ketones is 1. The molecule has 4 rings (SSSR count). The van der Waals surface area contributed by atoms with Gasteiger partial charge < -0.3 is 5.11 Å². The van der Waals surface area contributed by atoms with Crippen LogP contribution >= 0.6 is 0 Å². The van der Waals surface area contributed by atoms with Crippen molar-refractivity contribution in [3.8, 4) is 0 Å². The second-order valence-corrected chi connectivity index (χ2v) is 5.79. The molecule has 3 nitrogen and oxygen atoms in total. The smallest absolute Gasteiger partial charge is 0.307 e. The maximum atomic E-state index is 12.6. The van der Waals surface area contributed by atoms with E-state index >= 15 is 0 Å². The summed E-state index contributed by atoms with van der Waals surface area (Å²) in [4.78, 5) is 24.2. The van der Waals surface area contributed by atoms with Gasteiger partial charge in [-0.25, -0.2) is 0 Å². The van der Waals surface area contributed by atoms with Crippen LogP contribution in [0.15, 0.2) is 30.3 Å². The Hall–Kier alpha value is -1.64. The lowest BCUT2D eigenvalue weighted by atomic mass is 9.57. The predicted molar refractivity (Wildman–Crippen MR) is 70.8 cm³/mol. The van der Waals surface area contributed by atoms with Gasteiger partial charge in [0, 0.05) is 11.5 Å². The molecule has 19 heavy (non-hydrogen) atoms. The van der Waals surface area contributed by atoms with Crippen LogP contribution in [0.25, 0.3) is 0 Å². The standard InChI is InChI=1S/C16H18O3/c17-15(12-4-2-1-3-5-12)13-10-6-8-11(9-7-10)14(13)16(18)19/h1-5,10-11,13-14H,6-9H2,(H,18,19)/t10?,11?,13-,14-/m1/s1. The normalized spacial score (nSPS) is 33.1. The third-order valence-electron chi connectivity index (χ3n) is 4.87. The fourth-order valence-electron chi connectivity index (χ4n) is 3.98. The largest absolute Gasteiger partial charge is 0.481 e. The molecule has 0 spiro atoms. The van der Waals surface area contributed by atoms with E-state index in [4.69, 9.17) is 0 Å². The molecule has 3 aliphatic rings. The van der Waals surface area contributed by atoms with Crippen LogP contribution in [-0.2, 0) is 4.79 Å². The summed E-state index contributed by atoms with van der Waals surface area (Å²) in [5.41, 5.74) is 0.659. The van der Waals surface area contributed by atoms with Gasteiger partial charge in [0.15, 0.2) is 5.78 Å². The quantitative estimate of drug-likeness (QED) is 0.848. The first-order valence-corrected chi connectivity index (χ1v) is 7.00. The Balaban J connectivity index is 1.93. The van der Waals surface area contributed by atoms with Gasteiger partial charge in [0.1, 0.15) is 0 Å². The molecule has 1 N–H and O–H groups in total. The predicted octanol–water partition coefficient (Wildman–Crippen LogP) is 3.01. The van der Waals surface area contributed by atoms with Gasteiger partial charge in [0.05, 0.1) is 5.92 Å². The van der Waals surface area contributed by atoms with Crippen molar-refractivity contribution in [3.05, 3.63) is 35.9 Å². The maximum Gasteiger partial charge on any atom is 0.307 e. The molecular weight excluding hydrogens is 240 g/mol. The van der Waals surface area contributed by atoms with Crippen molar-refractivity contribution < 1.29 is 14.7 Å². The van der Waals surface area contributed by atoms with Crippen LogP contribution in [0.4, 0.5) is 0 Å². The highest BCUT2D eigenvalue weighted by Gasteiger charge is 2.50. The molecule has 1 aromatic carbocycles. The number of hydrogen-bond donors (Lipinski definition) is 1. The summed E-state index contributed by atoms with van der Waals surface area (Å²) in [5.74, 6) is -1.09. The van der Waals surface area contributed by atoms with E-state index in [-0.39, 0.29) is 23.5 Å². The van der Waals surface area contributed by atoms with E-state index in [1.165, 1.54) is 0 Å². The zero-order valence-corrected chi connectivity index (χ0v) is 10.8. The molecule has 3 aliphatic carbocycles. The van der Waals surface area contributed by atoms with Crippen LogP contribution in [0, 0.1) is 23.7 Å². The Kier molecular flexibility index (Phi) is 3.13. The van der Waals surface area contributed by atoms with Crippen LogP contribution in [0.3, 0.4) is 0 Å². The minimum Gasteiger partial charge on any atom is -0.481 e. The van der Waals surface area contributed by atoms with E-state index < -0.39 is 11.9 Å². The number of carbonyl (C=O) groups excluding carboxylic acids is 1. The number of hydrogen-bond acceptors (Lipinski definition) is 2. The number of benzene rings is 1. The molecule has 100 valence electrons. The minimum atomic E-state index is -0.788. The summed E-state index contributed by atoms with van der Waals surface area (Å²) in [5, 5.41) is 9.47. The maximum absolute atomic E-state index is 12.6. The van der Waals surface area contributed by atoms with Crippen molar-refractivity contribution in [2.45, 2.75) is 25.7 Å². The van der Waals surface area contributed by atoms with Crippen molar-refractivity contribution in [2.24, 2.45) is 23.7 Å². The molecule has 0 radical (unpaired) electrons. The molecular formula is C16H18O3. The highest BCUT2D eigenvalue weighted by molar-refractivity contribution is 6.00. The molecule has 3 saturated carbocycles. The van der Waals surface area contributed by atoms with Crippen molar-refractivity contribution >= 4 is 11.8 Å². The van der Waals surface area contributed by atoms with Gasteiger partial charge in [-0.05, 0) is 37.5 Å². The molecule has 3 fully saturated rings. The molecule has 3 heteroatoms. The highest BCUT2D eigenvalue weighted by Crippen LogP contribution is 2.49. The summed E-state index contributed by atoms with van der Waals surface area (Å²) in [6.07, 6.45) is 3.97. The lowest BCUT2D eigenvalue weighted by molar-refractivity contribution is -0.150. The molecule has 2 atom stereocenters. The number of rotatable bonds is 3. The van der Waals surface area contributed by atoms with Gasteiger partial charge in [0.25, 0.3) is 0 Å². The molecule has 2 bridgehead atoms. The van der Waals surface area contributed by atoms with Crippen LogP contribution in [0.2, 0.25) is 0 Å². The van der Waals surface area contributed by atoms with E-state index in [1.807, 2.05) is 18.2 Å². The first kappa shape index (κ1) is 12.4. The first-order valence-electron chi connectivity index (χ1n) is 7.00. The van der Waals surface area contributed by atoms with E-state index in [2.05, 4.69) is 0 Å². The minimum absolute atomic E-state index is 0.0300. The Morgan fingerprint density at radius 1 is 0.895 bits per heavy atom. The molecule has 0 aliphatic heterocycles. The van der Waals surface area contributed by atoms with Crippen molar-refractivity contribution in [1.29, 1.82) is 0 Å². The average Bonchev–Trinajstić information content (AvgIpc) is 2.47. The zero-order valence-electron chi connectivity index (χ0n) is 10.8. The number of aliphatic carboxylic acids is 1.